The van der Waals surface area contributed by atoms with E-state index in [1.165, 1.54) is 24.3 Å². The van der Waals surface area contributed by atoms with Crippen molar-refractivity contribution < 1.29 is 66.9 Å². The van der Waals surface area contributed by atoms with E-state index in [-0.39, 0.29) is 50.2 Å². The number of nitrogens with zero attached hydrogens (tertiary/aromatic N) is 2. The third-order valence-electron chi connectivity index (χ3n) is 10.7. The van der Waals surface area contributed by atoms with E-state index in [1.54, 1.807) is 0 Å². The smallest absolute Gasteiger partial charge is 0.490 e. The summed E-state index contributed by atoms with van der Waals surface area (Å²) in [6.07, 6.45) is -16.5. The Morgan fingerprint density at radius 3 is 2.21 bits per heavy atom. The van der Waals surface area contributed by atoms with Crippen LogP contribution in [-0.2, 0) is 30.3 Å². The fraction of sp³-hybridized carbons (Fsp3) is 0.538. The zero-order valence-electron chi connectivity index (χ0n) is 33.1. The Morgan fingerprint density at radius 2 is 1.60 bits per heavy atom. The molecule has 0 bridgehead atoms. The van der Waals surface area contributed by atoms with E-state index in [1.807, 2.05) is 29.2 Å². The number of ether oxygens (including phenoxy) is 5. The third-order valence-corrected chi connectivity index (χ3v) is 10.7. The van der Waals surface area contributed by atoms with E-state index in [0.717, 1.165) is 28.1 Å². The van der Waals surface area contributed by atoms with Gasteiger partial charge in [0.15, 0.2) is 12.5 Å². The van der Waals surface area contributed by atoms with Crippen LogP contribution in [0, 0.1) is 0 Å². The summed E-state index contributed by atoms with van der Waals surface area (Å²) >= 11 is 0. The number of aliphatic hydroxyl groups is 4. The number of nitrogens with one attached hydrogen (secondary N) is 3. The van der Waals surface area contributed by atoms with E-state index in [4.69, 9.17) is 30.4 Å². The van der Waals surface area contributed by atoms with Gasteiger partial charge in [-0.2, -0.15) is 0 Å². The number of amides is 2. The number of aromatic nitrogens is 2. The van der Waals surface area contributed by atoms with Crippen LogP contribution in [0.5, 0.6) is 11.5 Å². The third kappa shape index (κ3) is 11.7. The first-order valence-electron chi connectivity index (χ1n) is 19.9. The van der Waals surface area contributed by atoms with Crippen molar-refractivity contribution in [3.63, 3.8) is 0 Å². The lowest BCUT2D eigenvalue weighted by atomic mass is 9.98. The molecule has 3 aliphatic heterocycles. The Bertz CT molecular complexity index is 2070. The Hall–Kier alpha value is -5.11. The molecule has 2 amide bonds. The van der Waals surface area contributed by atoms with Crippen molar-refractivity contribution in [2.45, 2.75) is 106 Å². The lowest BCUT2D eigenvalue weighted by Crippen LogP contribution is -2.59. The molecule has 10 atom stereocenters. The maximum absolute atomic E-state index is 12.9. The zero-order chi connectivity index (χ0) is 44.7. The molecule has 0 saturated carbocycles. The fourth-order valence-corrected chi connectivity index (χ4v) is 7.48. The molecule has 1 aromatic heterocycles. The highest BCUT2D eigenvalue weighted by molar-refractivity contribution is 5.80. The first kappa shape index (κ1) is 46.4. The molecule has 3 fully saturated rings. The maximum atomic E-state index is 12.9. The number of H-pyrrole nitrogens is 1. The average molecular weight is 882 g/mol. The van der Waals surface area contributed by atoms with Gasteiger partial charge in [0.05, 0.1) is 0 Å². The second-order valence-corrected chi connectivity index (χ2v) is 15.1. The van der Waals surface area contributed by atoms with Crippen molar-refractivity contribution in [1.29, 1.82) is 0 Å². The van der Waals surface area contributed by atoms with Gasteiger partial charge in [-0.05, 0) is 54.9 Å². The number of primary amides is 1. The Balaban J connectivity index is 0.983. The minimum Gasteiger partial charge on any atom is -0.490 e. The Labute approximate surface area is 351 Å². The summed E-state index contributed by atoms with van der Waals surface area (Å²) in [5.41, 5.74) is 11.5. The summed E-state index contributed by atoms with van der Waals surface area (Å²) in [6, 6.07) is 12.4. The van der Waals surface area contributed by atoms with Gasteiger partial charge in [-0.25, -0.2) is 4.79 Å². The quantitative estimate of drug-likeness (QED) is 0.0653. The number of carbonyl (C=O) groups excluding carboxylic acids is 2. The molecular weight excluding hydrogens is 831 g/mol. The molecule has 62 heavy (non-hydrogen) atoms. The maximum Gasteiger partial charge on any atom is 0.573 e. The number of alkyl halides is 3. The molecule has 11 N–H and O–H groups in total. The van der Waals surface area contributed by atoms with Crippen LogP contribution in [0.4, 0.5) is 18.9 Å². The number of hydrogen-bond donors (Lipinski definition) is 9. The predicted molar refractivity (Wildman–Crippen MR) is 209 cm³/mol. The normalized spacial score (nSPS) is 26.5. The molecule has 340 valence electrons. The summed E-state index contributed by atoms with van der Waals surface area (Å²) in [5.74, 6) is -1.20. The number of halogens is 3. The van der Waals surface area contributed by atoms with E-state index >= 15 is 0 Å². The van der Waals surface area contributed by atoms with E-state index in [0.29, 0.717) is 31.7 Å². The van der Waals surface area contributed by atoms with Gasteiger partial charge in [-0.3, -0.25) is 23.9 Å². The number of aliphatic hydroxyl groups excluding tert-OH is 4. The molecule has 0 unspecified atom stereocenters. The number of carbonyl (C=O) groups is 2. The van der Waals surface area contributed by atoms with Crippen molar-refractivity contribution >= 4 is 17.5 Å². The fourth-order valence-electron chi connectivity index (χ4n) is 7.48. The summed E-state index contributed by atoms with van der Waals surface area (Å²) in [5, 5.41) is 48.7. The standard InChI is InChI=1S/C39H50F3N7O13/c40-39(41,42)62-24-9-7-22(8-10-24)58-23-11-15-48(16-12-23)21-5-3-20(4-6-21)19-46-26(50)2-1-14-45-28(35(44)56)33(61-37-32(55)29(52)25(18-43)59-37)34-30(53)31(54)36(60-34)49-17-13-27(51)47-38(49)57/h3-10,13,17,23,25,28-34,36-37,45,52-55H,1-2,11-12,14-16,18-19,43H2,(H2,44,56)(H,46,50)(H,47,51,57)/t25-,28+,29-,30+,31-,32-,33+,34+,36-,37+/m1/s1. The molecule has 23 heteroatoms. The molecule has 3 aliphatic rings. The van der Waals surface area contributed by atoms with Gasteiger partial charge in [0.2, 0.25) is 11.8 Å². The number of hydrogen-bond acceptors (Lipinski definition) is 16. The first-order valence-corrected chi connectivity index (χ1v) is 19.9. The van der Waals surface area contributed by atoms with Gasteiger partial charge in [-0.1, -0.05) is 12.1 Å². The summed E-state index contributed by atoms with van der Waals surface area (Å²) in [6.45, 7) is 1.40. The van der Waals surface area contributed by atoms with Crippen molar-refractivity contribution in [3.05, 3.63) is 87.2 Å². The van der Waals surface area contributed by atoms with Crippen LogP contribution in [0.3, 0.4) is 0 Å². The van der Waals surface area contributed by atoms with Crippen LogP contribution in [0.15, 0.2) is 70.4 Å². The van der Waals surface area contributed by atoms with Crippen LogP contribution >= 0.6 is 0 Å². The van der Waals surface area contributed by atoms with Crippen molar-refractivity contribution in [1.82, 2.24) is 20.2 Å². The number of piperidine rings is 1. The molecule has 2 aromatic carbocycles. The predicted octanol–water partition coefficient (Wildman–Crippen LogP) is -1.57. The molecular formula is C39H50F3N7O13. The SMILES string of the molecule is NC[C@H]1O[C@@H](O[C@H]([C@H]2O[C@@H](n3ccc(=O)[nH]c3=O)[C@H](O)[C@@H]2O)[C@H](NCCCC(=O)NCc2ccc(N3CCC(Oc4ccc(OC(F)(F)F)cc4)CC3)cc2)C(N)=O)[C@H](O)[C@@H]1O. The monoisotopic (exact) mass is 881 g/mol. The zero-order valence-corrected chi connectivity index (χ0v) is 33.1. The highest BCUT2D eigenvalue weighted by atomic mass is 19.4. The van der Waals surface area contributed by atoms with Gasteiger partial charge in [0.1, 0.15) is 66.4 Å². The number of anilines is 1. The summed E-state index contributed by atoms with van der Waals surface area (Å²) in [4.78, 5) is 54.0. The molecule has 0 aliphatic carbocycles. The molecule has 0 radical (unpaired) electrons. The van der Waals surface area contributed by atoms with Crippen molar-refractivity contribution in [2.24, 2.45) is 11.5 Å². The molecule has 20 nitrogen and oxygen atoms in total. The number of nitrogens with two attached hydrogens (primary N) is 2. The molecule has 6 rings (SSSR count). The summed E-state index contributed by atoms with van der Waals surface area (Å²) < 4.78 is 65.3. The highest BCUT2D eigenvalue weighted by Crippen LogP contribution is 2.34. The van der Waals surface area contributed by atoms with Crippen LogP contribution in [0.25, 0.3) is 0 Å². The minimum absolute atomic E-state index is 0.00315. The van der Waals surface area contributed by atoms with Gasteiger partial charge < -0.3 is 71.1 Å². The highest BCUT2D eigenvalue weighted by Gasteiger charge is 2.53. The largest absolute Gasteiger partial charge is 0.573 e. The number of rotatable bonds is 18. The first-order chi connectivity index (χ1) is 29.5. The van der Waals surface area contributed by atoms with Gasteiger partial charge >= 0.3 is 12.1 Å². The lowest BCUT2D eigenvalue weighted by Gasteiger charge is -2.34. The van der Waals surface area contributed by atoms with Crippen LogP contribution in [-0.4, -0.2) is 135 Å². The second kappa shape index (κ2) is 20.4. The van der Waals surface area contributed by atoms with Crippen LogP contribution < -0.4 is 47.7 Å². The van der Waals surface area contributed by atoms with Gasteiger partial charge in [0.25, 0.3) is 5.56 Å². The van der Waals surface area contributed by atoms with Gasteiger partial charge in [0, 0.05) is 63.4 Å². The molecule has 4 heterocycles. The molecule has 3 aromatic rings. The van der Waals surface area contributed by atoms with Crippen LogP contribution in [0.2, 0.25) is 0 Å². The van der Waals surface area contributed by atoms with E-state index < -0.39 is 84.8 Å². The topological polar surface area (TPSA) is 295 Å². The van der Waals surface area contributed by atoms with Crippen molar-refractivity contribution in [2.75, 3.05) is 31.1 Å². The van der Waals surface area contributed by atoms with Crippen LogP contribution in [0.1, 0.15) is 37.5 Å². The van der Waals surface area contributed by atoms with E-state index in [9.17, 15) is 52.8 Å². The van der Waals surface area contributed by atoms with E-state index in [2.05, 4.69) is 20.3 Å². The molecule has 0 spiro atoms. The second-order valence-electron chi connectivity index (χ2n) is 15.1. The van der Waals surface area contributed by atoms with Gasteiger partial charge in [-0.15, -0.1) is 13.2 Å². The summed E-state index contributed by atoms with van der Waals surface area (Å²) in [7, 11) is 0. The average Bonchev–Trinajstić information content (AvgIpc) is 3.68. The molecule has 3 saturated heterocycles. The minimum atomic E-state index is -4.77. The Kier molecular flexibility index (Phi) is 15.3. The van der Waals surface area contributed by atoms with Crippen molar-refractivity contribution in [3.8, 4) is 11.5 Å². The lowest BCUT2D eigenvalue weighted by molar-refractivity contribution is -0.274. The number of aromatic amines is 1. The Morgan fingerprint density at radius 1 is 0.919 bits per heavy atom. The number of benzene rings is 2.